The first-order valence-electron chi connectivity index (χ1n) is 10.6. The lowest BCUT2D eigenvalue weighted by Gasteiger charge is -2.39. The molecule has 2 aliphatic heterocycles. The Balaban J connectivity index is 1.38. The maximum Gasteiger partial charge on any atom is 0.225 e. The molecule has 0 aliphatic carbocycles. The zero-order valence-corrected chi connectivity index (χ0v) is 18.3. The SMILES string of the molecule is Cc1c(Cl)c(CN2CCC(C(=O)N3CC(C)OC(C)C3)CC2)nc2ccccc12. The molecule has 156 valence electrons. The van der Waals surface area contributed by atoms with E-state index in [2.05, 4.69) is 17.9 Å². The van der Waals surface area contributed by atoms with Crippen molar-refractivity contribution in [1.82, 2.24) is 14.8 Å². The standard InChI is InChI=1S/C23H30ClN3O2/c1-15-12-27(13-16(2)29-15)23(28)18-8-10-26(11-9-18)14-21-22(24)17(3)19-6-4-5-7-20(19)25-21/h4-7,15-16,18H,8-14H2,1-3H3. The third kappa shape index (κ3) is 4.42. The van der Waals surface area contributed by atoms with Crippen LogP contribution in [-0.4, -0.2) is 59.1 Å². The van der Waals surface area contributed by atoms with Gasteiger partial charge in [-0.3, -0.25) is 9.69 Å². The summed E-state index contributed by atoms with van der Waals surface area (Å²) in [6.45, 7) is 10.1. The second kappa shape index (κ2) is 8.58. The highest BCUT2D eigenvalue weighted by Crippen LogP contribution is 2.29. The molecule has 4 rings (SSSR count). The van der Waals surface area contributed by atoms with E-state index in [1.807, 2.05) is 36.9 Å². The van der Waals surface area contributed by atoms with Crippen molar-refractivity contribution in [3.05, 3.63) is 40.5 Å². The van der Waals surface area contributed by atoms with Gasteiger partial charge in [0.05, 0.1) is 28.4 Å². The molecule has 1 aromatic carbocycles. The van der Waals surface area contributed by atoms with Gasteiger partial charge in [0.1, 0.15) is 0 Å². The fraction of sp³-hybridized carbons (Fsp3) is 0.565. The average molecular weight is 416 g/mol. The number of morpholine rings is 1. The monoisotopic (exact) mass is 415 g/mol. The van der Waals surface area contributed by atoms with E-state index in [9.17, 15) is 4.79 Å². The Kier molecular flexibility index (Phi) is 6.09. The fourth-order valence-electron chi connectivity index (χ4n) is 4.69. The molecule has 3 heterocycles. The molecule has 2 atom stereocenters. The van der Waals surface area contributed by atoms with Crippen LogP contribution in [0.4, 0.5) is 0 Å². The summed E-state index contributed by atoms with van der Waals surface area (Å²) < 4.78 is 5.77. The zero-order valence-electron chi connectivity index (χ0n) is 17.5. The van der Waals surface area contributed by atoms with E-state index in [0.29, 0.717) is 19.0 Å². The second-order valence-corrected chi connectivity index (χ2v) is 8.94. The van der Waals surface area contributed by atoms with Crippen molar-refractivity contribution in [3.63, 3.8) is 0 Å². The number of aromatic nitrogens is 1. The molecule has 2 aromatic rings. The Hall–Kier alpha value is -1.69. The maximum atomic E-state index is 13.0. The predicted molar refractivity (Wildman–Crippen MR) is 116 cm³/mol. The molecule has 0 spiro atoms. The molecule has 1 amide bonds. The Bertz CT molecular complexity index is 885. The normalized spacial score (nSPS) is 24.2. The molecule has 29 heavy (non-hydrogen) atoms. The first-order valence-corrected chi connectivity index (χ1v) is 11.0. The highest BCUT2D eigenvalue weighted by molar-refractivity contribution is 6.32. The summed E-state index contributed by atoms with van der Waals surface area (Å²) in [5, 5.41) is 1.87. The van der Waals surface area contributed by atoms with Crippen molar-refractivity contribution in [2.24, 2.45) is 5.92 Å². The number of aryl methyl sites for hydroxylation is 1. The van der Waals surface area contributed by atoms with Crippen molar-refractivity contribution < 1.29 is 9.53 Å². The van der Waals surface area contributed by atoms with Crippen molar-refractivity contribution in [3.8, 4) is 0 Å². The first-order chi connectivity index (χ1) is 13.9. The van der Waals surface area contributed by atoms with Gasteiger partial charge < -0.3 is 9.64 Å². The van der Waals surface area contributed by atoms with Crippen LogP contribution in [0.1, 0.15) is 37.9 Å². The van der Waals surface area contributed by atoms with E-state index in [1.54, 1.807) is 0 Å². The van der Waals surface area contributed by atoms with Crippen LogP contribution in [0.2, 0.25) is 5.02 Å². The maximum absolute atomic E-state index is 13.0. The van der Waals surface area contributed by atoms with Gasteiger partial charge in [-0.2, -0.15) is 0 Å². The summed E-state index contributed by atoms with van der Waals surface area (Å²) in [6, 6.07) is 8.14. The van der Waals surface area contributed by atoms with Gasteiger partial charge in [0.25, 0.3) is 0 Å². The van der Waals surface area contributed by atoms with Gasteiger partial charge in [0.15, 0.2) is 0 Å². The number of halogens is 1. The first kappa shape index (κ1) is 20.6. The van der Waals surface area contributed by atoms with Gasteiger partial charge in [0.2, 0.25) is 5.91 Å². The van der Waals surface area contributed by atoms with Gasteiger partial charge in [0, 0.05) is 30.9 Å². The van der Waals surface area contributed by atoms with Crippen LogP contribution in [-0.2, 0) is 16.1 Å². The summed E-state index contributed by atoms with van der Waals surface area (Å²) in [5.74, 6) is 0.412. The predicted octanol–water partition coefficient (Wildman–Crippen LogP) is 4.04. The van der Waals surface area contributed by atoms with Crippen molar-refractivity contribution in [2.75, 3.05) is 26.2 Å². The fourth-order valence-corrected chi connectivity index (χ4v) is 4.89. The minimum Gasteiger partial charge on any atom is -0.372 e. The topological polar surface area (TPSA) is 45.7 Å². The number of carbonyl (C=O) groups is 1. The highest BCUT2D eigenvalue weighted by Gasteiger charge is 2.32. The molecule has 0 bridgehead atoms. The van der Waals surface area contributed by atoms with Crippen LogP contribution in [0.3, 0.4) is 0 Å². The summed E-state index contributed by atoms with van der Waals surface area (Å²) >= 11 is 6.64. The Morgan fingerprint density at radius 2 is 1.83 bits per heavy atom. The minimum absolute atomic E-state index is 0.116. The van der Waals surface area contributed by atoms with E-state index in [4.69, 9.17) is 21.3 Å². The van der Waals surface area contributed by atoms with Crippen LogP contribution < -0.4 is 0 Å². The number of piperidine rings is 1. The molecule has 0 saturated carbocycles. The van der Waals surface area contributed by atoms with Gasteiger partial charge in [-0.25, -0.2) is 4.98 Å². The number of ether oxygens (including phenoxy) is 1. The zero-order chi connectivity index (χ0) is 20.5. The Labute approximate surface area is 178 Å². The van der Waals surface area contributed by atoms with Gasteiger partial charge in [-0.1, -0.05) is 29.8 Å². The molecule has 0 N–H and O–H groups in total. The van der Waals surface area contributed by atoms with Crippen molar-refractivity contribution in [2.45, 2.75) is 52.4 Å². The van der Waals surface area contributed by atoms with E-state index < -0.39 is 0 Å². The van der Waals surface area contributed by atoms with E-state index >= 15 is 0 Å². The summed E-state index contributed by atoms with van der Waals surface area (Å²) in [4.78, 5) is 22.2. The van der Waals surface area contributed by atoms with Gasteiger partial charge in [-0.05, 0) is 58.3 Å². The summed E-state index contributed by atoms with van der Waals surface area (Å²) in [6.07, 6.45) is 2.02. The van der Waals surface area contributed by atoms with Crippen LogP contribution in [0.5, 0.6) is 0 Å². The molecule has 2 fully saturated rings. The number of rotatable bonds is 3. The second-order valence-electron chi connectivity index (χ2n) is 8.57. The Morgan fingerprint density at radius 1 is 1.17 bits per heavy atom. The molecule has 0 radical (unpaired) electrons. The number of fused-ring (bicyclic) bond motifs is 1. The number of hydrogen-bond donors (Lipinski definition) is 0. The van der Waals surface area contributed by atoms with Crippen LogP contribution >= 0.6 is 11.6 Å². The molecule has 6 heteroatoms. The lowest BCUT2D eigenvalue weighted by molar-refractivity contribution is -0.148. The minimum atomic E-state index is 0.116. The highest BCUT2D eigenvalue weighted by atomic mass is 35.5. The van der Waals surface area contributed by atoms with Crippen molar-refractivity contribution in [1.29, 1.82) is 0 Å². The van der Waals surface area contributed by atoms with Gasteiger partial charge in [-0.15, -0.1) is 0 Å². The van der Waals surface area contributed by atoms with E-state index in [-0.39, 0.29) is 18.1 Å². The third-order valence-electron chi connectivity index (χ3n) is 6.19. The number of carbonyl (C=O) groups excluding carboxylic acids is 1. The number of nitrogens with zero attached hydrogens (tertiary/aromatic N) is 3. The number of amides is 1. The Morgan fingerprint density at radius 3 is 2.52 bits per heavy atom. The molecule has 1 aromatic heterocycles. The quantitative estimate of drug-likeness (QED) is 0.758. The number of hydrogen-bond acceptors (Lipinski definition) is 4. The molecular formula is C23H30ClN3O2. The van der Waals surface area contributed by atoms with E-state index in [1.165, 1.54) is 0 Å². The lowest BCUT2D eigenvalue weighted by Crippen LogP contribution is -2.51. The molecule has 2 saturated heterocycles. The number of pyridine rings is 1. The van der Waals surface area contributed by atoms with Crippen LogP contribution in [0.15, 0.2) is 24.3 Å². The molecule has 5 nitrogen and oxygen atoms in total. The van der Waals surface area contributed by atoms with E-state index in [0.717, 1.165) is 59.7 Å². The third-order valence-corrected chi connectivity index (χ3v) is 6.69. The molecule has 2 aliphatic rings. The molecule has 2 unspecified atom stereocenters. The number of para-hydroxylation sites is 1. The van der Waals surface area contributed by atoms with Crippen LogP contribution in [0, 0.1) is 12.8 Å². The number of benzene rings is 1. The van der Waals surface area contributed by atoms with Crippen LogP contribution in [0.25, 0.3) is 10.9 Å². The summed E-state index contributed by atoms with van der Waals surface area (Å²) in [7, 11) is 0. The molecular weight excluding hydrogens is 386 g/mol. The number of likely N-dealkylation sites (tertiary alicyclic amines) is 1. The average Bonchev–Trinajstić information content (AvgIpc) is 2.71. The van der Waals surface area contributed by atoms with Crippen molar-refractivity contribution >= 4 is 28.4 Å². The largest absolute Gasteiger partial charge is 0.372 e. The summed E-state index contributed by atoms with van der Waals surface area (Å²) in [5.41, 5.74) is 3.02. The lowest BCUT2D eigenvalue weighted by atomic mass is 9.94. The smallest absolute Gasteiger partial charge is 0.225 e. The van der Waals surface area contributed by atoms with Gasteiger partial charge >= 0.3 is 0 Å².